The largest absolute Gasteiger partial charge is 0.494 e. The van der Waals surface area contributed by atoms with Gasteiger partial charge >= 0.3 is 0 Å². The molecule has 3 aromatic heterocycles. The molecule has 4 heterocycles. The van der Waals surface area contributed by atoms with Crippen molar-refractivity contribution in [2.75, 3.05) is 43.6 Å². The number of benzene rings is 1. The summed E-state index contributed by atoms with van der Waals surface area (Å²) in [6.07, 6.45) is 0.635. The van der Waals surface area contributed by atoms with Gasteiger partial charge in [0.1, 0.15) is 11.3 Å². The summed E-state index contributed by atoms with van der Waals surface area (Å²) in [6, 6.07) is 5.05. The van der Waals surface area contributed by atoms with Gasteiger partial charge in [-0.2, -0.15) is 20.1 Å². The number of halogens is 2. The van der Waals surface area contributed by atoms with Crippen molar-refractivity contribution in [1.29, 1.82) is 0 Å². The minimum atomic E-state index is -2.72. The summed E-state index contributed by atoms with van der Waals surface area (Å²) >= 11 is 0. The van der Waals surface area contributed by atoms with Crippen LogP contribution in [0.25, 0.3) is 17.0 Å². The van der Waals surface area contributed by atoms with E-state index in [0.717, 1.165) is 0 Å². The van der Waals surface area contributed by atoms with E-state index >= 15 is 0 Å². The lowest BCUT2D eigenvalue weighted by atomic mass is 10.2. The van der Waals surface area contributed by atoms with Crippen LogP contribution in [0.1, 0.15) is 12.2 Å². The lowest BCUT2D eigenvalue weighted by Gasteiger charge is -2.27. The number of nitrogens with one attached hydrogen (secondary N) is 2. The average molecular weight is 443 g/mol. The molecule has 0 saturated carbocycles. The molecular formula is C19H19F2N9O2. The molecule has 11 nitrogen and oxygen atoms in total. The molecule has 1 aliphatic rings. The third-order valence-corrected chi connectivity index (χ3v) is 4.87. The normalized spacial score (nSPS) is 14.3. The number of hydrogen-bond acceptors (Lipinski definition) is 9. The standard InChI is InChI=1S/C19H19F2N9O2/c1-31-13-10-11(9-12-14(13)25-16(24-12)15(20)21)23-17-26-18(29-5-7-32-8-6-29)28-19(27-17)30-4-2-3-22-30/h2-4,9-10,15H,5-8H2,1H3,(H,24,25)(H,23,26,27,28). The number of H-pyrrole nitrogens is 1. The first kappa shape index (κ1) is 20.1. The van der Waals surface area contributed by atoms with Crippen LogP contribution in [0.3, 0.4) is 0 Å². The van der Waals surface area contributed by atoms with Crippen molar-refractivity contribution >= 4 is 28.6 Å². The molecule has 32 heavy (non-hydrogen) atoms. The number of aromatic amines is 1. The second kappa shape index (κ2) is 8.34. The molecule has 1 aliphatic heterocycles. The highest BCUT2D eigenvalue weighted by molar-refractivity contribution is 5.86. The maximum absolute atomic E-state index is 13.1. The van der Waals surface area contributed by atoms with Gasteiger partial charge in [0.05, 0.1) is 25.8 Å². The molecule has 5 rings (SSSR count). The molecule has 2 N–H and O–H groups in total. The predicted molar refractivity (Wildman–Crippen MR) is 111 cm³/mol. The van der Waals surface area contributed by atoms with Crippen LogP contribution < -0.4 is 15.0 Å². The summed E-state index contributed by atoms with van der Waals surface area (Å²) in [5.74, 6) is 0.991. The maximum Gasteiger partial charge on any atom is 0.295 e. The second-order valence-corrected chi connectivity index (χ2v) is 6.93. The maximum atomic E-state index is 13.1. The lowest BCUT2D eigenvalue weighted by Crippen LogP contribution is -2.37. The fourth-order valence-corrected chi connectivity index (χ4v) is 3.37. The van der Waals surface area contributed by atoms with Crippen LogP contribution in [-0.2, 0) is 4.74 Å². The first-order chi connectivity index (χ1) is 15.6. The number of anilines is 3. The van der Waals surface area contributed by atoms with Gasteiger partial charge in [-0.15, -0.1) is 0 Å². The van der Waals surface area contributed by atoms with Crippen LogP contribution in [0.5, 0.6) is 5.75 Å². The molecule has 0 radical (unpaired) electrons. The van der Waals surface area contributed by atoms with E-state index < -0.39 is 12.2 Å². The Labute approximate surface area is 180 Å². The molecule has 0 aliphatic carbocycles. The van der Waals surface area contributed by atoms with Crippen LogP contribution in [0, 0.1) is 0 Å². The van der Waals surface area contributed by atoms with E-state index in [-0.39, 0.29) is 5.95 Å². The van der Waals surface area contributed by atoms with E-state index in [1.807, 2.05) is 4.90 Å². The molecule has 1 saturated heterocycles. The van der Waals surface area contributed by atoms with Gasteiger partial charge in [-0.1, -0.05) is 0 Å². The zero-order valence-corrected chi connectivity index (χ0v) is 17.0. The van der Waals surface area contributed by atoms with Crippen LogP contribution >= 0.6 is 0 Å². The molecule has 0 spiro atoms. The van der Waals surface area contributed by atoms with Crippen LogP contribution in [0.2, 0.25) is 0 Å². The smallest absolute Gasteiger partial charge is 0.295 e. The molecule has 0 atom stereocenters. The molecule has 1 aromatic carbocycles. The number of ether oxygens (including phenoxy) is 2. The van der Waals surface area contributed by atoms with E-state index in [9.17, 15) is 8.78 Å². The van der Waals surface area contributed by atoms with Crippen molar-refractivity contribution in [2.24, 2.45) is 0 Å². The number of methoxy groups -OCH3 is 1. The van der Waals surface area contributed by atoms with E-state index in [1.165, 1.54) is 11.8 Å². The number of morpholine rings is 1. The minimum Gasteiger partial charge on any atom is -0.494 e. The summed E-state index contributed by atoms with van der Waals surface area (Å²) in [5.41, 5.74) is 1.25. The minimum absolute atomic E-state index is 0.266. The predicted octanol–water partition coefficient (Wildman–Crippen LogP) is 2.46. The van der Waals surface area contributed by atoms with Gasteiger partial charge in [0, 0.05) is 37.2 Å². The Morgan fingerprint density at radius 2 is 1.94 bits per heavy atom. The lowest BCUT2D eigenvalue weighted by molar-refractivity contribution is 0.122. The Hall–Kier alpha value is -3.87. The summed E-state index contributed by atoms with van der Waals surface area (Å²) in [6.45, 7) is 2.44. The van der Waals surface area contributed by atoms with Gasteiger partial charge in [0.25, 0.3) is 12.4 Å². The summed E-state index contributed by atoms with van der Waals surface area (Å²) in [5, 5.41) is 7.31. The van der Waals surface area contributed by atoms with E-state index in [0.29, 0.717) is 60.7 Å². The van der Waals surface area contributed by atoms with Crippen LogP contribution in [-0.4, -0.2) is 68.1 Å². The first-order valence-corrected chi connectivity index (χ1v) is 9.82. The zero-order chi connectivity index (χ0) is 22.1. The SMILES string of the molecule is COc1cc(Nc2nc(N3CCOCC3)nc(-n3cccn3)n2)cc2[nH]c(C(F)F)nc12. The Kier molecular flexibility index (Phi) is 5.23. The zero-order valence-electron chi connectivity index (χ0n) is 17.0. The molecule has 166 valence electrons. The molecule has 4 aromatic rings. The van der Waals surface area contributed by atoms with Crippen LogP contribution in [0.15, 0.2) is 30.6 Å². The molecule has 0 amide bonds. The Morgan fingerprint density at radius 3 is 2.66 bits per heavy atom. The monoisotopic (exact) mass is 443 g/mol. The van der Waals surface area contributed by atoms with Crippen LogP contribution in [0.4, 0.5) is 26.4 Å². The van der Waals surface area contributed by atoms with Gasteiger partial charge in [-0.25, -0.2) is 18.4 Å². The fourth-order valence-electron chi connectivity index (χ4n) is 3.37. The summed E-state index contributed by atoms with van der Waals surface area (Å²) < 4.78 is 38.5. The molecule has 0 unspecified atom stereocenters. The number of hydrogen-bond donors (Lipinski definition) is 2. The topological polar surface area (TPSA) is 119 Å². The Balaban J connectivity index is 1.54. The number of aromatic nitrogens is 7. The van der Waals surface area contributed by atoms with Crippen molar-refractivity contribution in [3.63, 3.8) is 0 Å². The van der Waals surface area contributed by atoms with E-state index in [2.05, 4.69) is 35.3 Å². The molecule has 1 fully saturated rings. The summed E-state index contributed by atoms with van der Waals surface area (Å²) in [7, 11) is 1.45. The van der Waals surface area contributed by atoms with Gasteiger partial charge in [0.2, 0.25) is 11.9 Å². The fraction of sp³-hybridized carbons (Fsp3) is 0.316. The quantitative estimate of drug-likeness (QED) is 0.463. The molecule has 0 bridgehead atoms. The second-order valence-electron chi connectivity index (χ2n) is 6.93. The summed E-state index contributed by atoms with van der Waals surface area (Å²) in [4.78, 5) is 22.1. The van der Waals surface area contributed by atoms with Gasteiger partial charge in [0.15, 0.2) is 5.82 Å². The highest BCUT2D eigenvalue weighted by Gasteiger charge is 2.19. The number of rotatable bonds is 6. The number of imidazole rings is 1. The average Bonchev–Trinajstić information content (AvgIpc) is 3.49. The first-order valence-electron chi connectivity index (χ1n) is 9.82. The highest BCUT2D eigenvalue weighted by atomic mass is 19.3. The van der Waals surface area contributed by atoms with Gasteiger partial charge in [-0.3, -0.25) is 0 Å². The van der Waals surface area contributed by atoms with Crippen molar-refractivity contribution in [3.05, 3.63) is 36.4 Å². The van der Waals surface area contributed by atoms with Crippen molar-refractivity contribution < 1.29 is 18.3 Å². The van der Waals surface area contributed by atoms with E-state index in [4.69, 9.17) is 9.47 Å². The molecular weight excluding hydrogens is 424 g/mol. The van der Waals surface area contributed by atoms with Crippen molar-refractivity contribution in [1.82, 2.24) is 34.7 Å². The Morgan fingerprint density at radius 1 is 1.12 bits per heavy atom. The molecule has 13 heteroatoms. The van der Waals surface area contributed by atoms with Gasteiger partial charge < -0.3 is 24.7 Å². The highest BCUT2D eigenvalue weighted by Crippen LogP contribution is 2.31. The number of alkyl halides is 2. The van der Waals surface area contributed by atoms with E-state index in [1.54, 1.807) is 30.6 Å². The Bertz CT molecular complexity index is 1220. The third kappa shape index (κ3) is 3.89. The van der Waals surface area contributed by atoms with Crippen molar-refractivity contribution in [3.8, 4) is 11.7 Å². The number of nitrogens with zero attached hydrogens (tertiary/aromatic N) is 7. The number of fused-ring (bicyclic) bond motifs is 1. The van der Waals surface area contributed by atoms with Crippen molar-refractivity contribution in [2.45, 2.75) is 6.43 Å². The van der Waals surface area contributed by atoms with Gasteiger partial charge in [-0.05, 0) is 12.1 Å². The third-order valence-electron chi connectivity index (χ3n) is 4.87.